The number of aromatic nitrogens is 4. The van der Waals surface area contributed by atoms with Gasteiger partial charge in [-0.25, -0.2) is 4.98 Å². The molecule has 4 aromatic rings. The lowest BCUT2D eigenvalue weighted by Crippen LogP contribution is -2.04. The molecule has 1 saturated carbocycles. The van der Waals surface area contributed by atoms with Crippen LogP contribution in [0.4, 0.5) is 0 Å². The number of nitrogens with zero attached hydrogens (tertiary/aromatic N) is 3. The van der Waals surface area contributed by atoms with E-state index in [2.05, 4.69) is 44.2 Å². The molecule has 6 heteroatoms. The average Bonchev–Trinajstić information content (AvgIpc) is 3.48. The summed E-state index contributed by atoms with van der Waals surface area (Å²) >= 11 is 0. The maximum absolute atomic E-state index is 5.93. The molecule has 0 atom stereocenters. The summed E-state index contributed by atoms with van der Waals surface area (Å²) in [6.07, 6.45) is 9.73. The summed E-state index contributed by atoms with van der Waals surface area (Å²) in [4.78, 5) is 15.8. The number of rotatable bonds is 5. The fourth-order valence-electron chi connectivity index (χ4n) is 2.93. The van der Waals surface area contributed by atoms with Gasteiger partial charge in [-0.15, -0.1) is 0 Å². The number of benzene rings is 1. The van der Waals surface area contributed by atoms with E-state index in [-0.39, 0.29) is 0 Å². The van der Waals surface area contributed by atoms with Gasteiger partial charge in [0.15, 0.2) is 0 Å². The van der Waals surface area contributed by atoms with Gasteiger partial charge in [0.2, 0.25) is 5.88 Å². The number of ether oxygens (including phenoxy) is 2. The molecular formula is C23H24N4O2. The van der Waals surface area contributed by atoms with E-state index in [1.54, 1.807) is 19.5 Å². The molecule has 1 aliphatic carbocycles. The zero-order chi connectivity index (χ0) is 20.1. The molecule has 0 radical (unpaired) electrons. The van der Waals surface area contributed by atoms with Gasteiger partial charge in [-0.2, -0.15) is 4.98 Å². The van der Waals surface area contributed by atoms with E-state index in [1.807, 2.05) is 31.5 Å². The van der Waals surface area contributed by atoms with Gasteiger partial charge in [0.05, 0.1) is 25.5 Å². The van der Waals surface area contributed by atoms with Gasteiger partial charge in [0.1, 0.15) is 11.6 Å². The number of nitrogens with one attached hydrogen (secondary N) is 1. The highest BCUT2D eigenvalue weighted by Crippen LogP contribution is 2.33. The van der Waals surface area contributed by atoms with E-state index in [0.29, 0.717) is 11.8 Å². The van der Waals surface area contributed by atoms with Crippen molar-refractivity contribution in [1.82, 2.24) is 19.9 Å². The molecule has 3 heterocycles. The van der Waals surface area contributed by atoms with Gasteiger partial charge < -0.3 is 14.5 Å². The van der Waals surface area contributed by atoms with Crippen LogP contribution in [0.15, 0.2) is 61.2 Å². The number of hydrogen-bond acceptors (Lipinski definition) is 5. The van der Waals surface area contributed by atoms with Crippen LogP contribution in [0.25, 0.3) is 22.0 Å². The van der Waals surface area contributed by atoms with Crippen LogP contribution in [0.1, 0.15) is 18.7 Å². The van der Waals surface area contributed by atoms with Crippen molar-refractivity contribution in [1.29, 1.82) is 0 Å². The predicted octanol–water partition coefficient (Wildman–Crippen LogP) is 4.81. The molecule has 0 amide bonds. The minimum atomic E-state index is 0.698. The highest BCUT2D eigenvalue weighted by Gasteiger charge is 2.23. The Morgan fingerprint density at radius 2 is 2.03 bits per heavy atom. The third-order valence-corrected chi connectivity index (χ3v) is 4.76. The zero-order valence-corrected chi connectivity index (χ0v) is 16.6. The summed E-state index contributed by atoms with van der Waals surface area (Å²) < 4.78 is 10.8. The lowest BCUT2D eigenvalue weighted by molar-refractivity contribution is 0.288. The Labute approximate surface area is 170 Å². The van der Waals surface area contributed by atoms with Gasteiger partial charge in [0, 0.05) is 24.1 Å². The van der Waals surface area contributed by atoms with Crippen LogP contribution in [0, 0.1) is 12.8 Å². The molecule has 148 valence electrons. The normalized spacial score (nSPS) is 12.9. The smallest absolute Gasteiger partial charge is 0.224 e. The Hall–Kier alpha value is -3.41. The number of fused-ring (bicyclic) bond motifs is 1. The first-order valence-corrected chi connectivity index (χ1v) is 9.71. The van der Waals surface area contributed by atoms with E-state index in [4.69, 9.17) is 9.47 Å². The Kier molecular flexibility index (Phi) is 5.70. The van der Waals surface area contributed by atoms with E-state index < -0.39 is 0 Å². The Morgan fingerprint density at radius 3 is 2.76 bits per heavy atom. The molecule has 3 aromatic heterocycles. The van der Waals surface area contributed by atoms with E-state index in [1.165, 1.54) is 18.2 Å². The van der Waals surface area contributed by atoms with Crippen LogP contribution in [-0.4, -0.2) is 33.7 Å². The van der Waals surface area contributed by atoms with Crippen molar-refractivity contribution in [2.75, 3.05) is 13.7 Å². The van der Waals surface area contributed by atoms with E-state index >= 15 is 0 Å². The van der Waals surface area contributed by atoms with Crippen molar-refractivity contribution in [2.24, 2.45) is 5.92 Å². The van der Waals surface area contributed by atoms with Gasteiger partial charge in [-0.1, -0.05) is 6.07 Å². The lowest BCUT2D eigenvalue weighted by Gasteiger charge is -2.10. The molecule has 0 unspecified atom stereocenters. The zero-order valence-electron chi connectivity index (χ0n) is 16.6. The standard InChI is InChI=1S/C17H17N3O.C6H7NO/c1-11-19-9-15(17(20-11)21-10-12-2-3-12)13-4-5-16-14(8-13)6-7-18-16;1-8-6-3-2-4-7-5-6/h4-9,12,18H,2-3,10H2,1H3;2-5H,1H3. The molecular weight excluding hydrogens is 364 g/mol. The first-order valence-electron chi connectivity index (χ1n) is 9.71. The van der Waals surface area contributed by atoms with Crippen molar-refractivity contribution in [3.8, 4) is 22.8 Å². The molecule has 0 spiro atoms. The molecule has 29 heavy (non-hydrogen) atoms. The minimum Gasteiger partial charge on any atom is -0.495 e. The monoisotopic (exact) mass is 388 g/mol. The second-order valence-corrected chi connectivity index (χ2v) is 7.06. The van der Waals surface area contributed by atoms with Crippen molar-refractivity contribution < 1.29 is 9.47 Å². The highest BCUT2D eigenvalue weighted by atomic mass is 16.5. The SMILES string of the molecule is COc1cccnc1.Cc1ncc(-c2ccc3[nH]ccc3c2)c(OCC2CC2)n1. The van der Waals surface area contributed by atoms with Crippen LogP contribution in [0.5, 0.6) is 11.6 Å². The summed E-state index contributed by atoms with van der Waals surface area (Å²) in [7, 11) is 1.62. The summed E-state index contributed by atoms with van der Waals surface area (Å²) in [5, 5.41) is 1.18. The molecule has 5 rings (SSSR count). The highest BCUT2D eigenvalue weighted by molar-refractivity contribution is 5.85. The summed E-state index contributed by atoms with van der Waals surface area (Å²) in [5.41, 5.74) is 3.18. The van der Waals surface area contributed by atoms with E-state index in [0.717, 1.165) is 34.8 Å². The lowest BCUT2D eigenvalue weighted by atomic mass is 10.1. The third-order valence-electron chi connectivity index (χ3n) is 4.76. The Bertz CT molecular complexity index is 1070. The molecule has 0 saturated heterocycles. The number of pyridine rings is 1. The van der Waals surface area contributed by atoms with Crippen LogP contribution in [0.2, 0.25) is 0 Å². The van der Waals surface area contributed by atoms with Gasteiger partial charge in [-0.05, 0) is 67.0 Å². The van der Waals surface area contributed by atoms with E-state index in [9.17, 15) is 0 Å². The molecule has 0 aliphatic heterocycles. The maximum atomic E-state index is 5.93. The Balaban J connectivity index is 0.000000216. The summed E-state index contributed by atoms with van der Waals surface area (Å²) in [6.45, 7) is 2.65. The van der Waals surface area contributed by atoms with Crippen molar-refractivity contribution in [2.45, 2.75) is 19.8 Å². The predicted molar refractivity (Wildman–Crippen MR) is 113 cm³/mol. The van der Waals surface area contributed by atoms with Crippen LogP contribution in [-0.2, 0) is 0 Å². The fourth-order valence-corrected chi connectivity index (χ4v) is 2.93. The quantitative estimate of drug-likeness (QED) is 0.531. The third kappa shape index (κ3) is 4.90. The molecule has 1 N–H and O–H groups in total. The number of aromatic amines is 1. The second-order valence-electron chi connectivity index (χ2n) is 7.06. The molecule has 1 aliphatic rings. The number of aryl methyl sites for hydroxylation is 1. The number of H-pyrrole nitrogens is 1. The van der Waals surface area contributed by atoms with Crippen LogP contribution in [0.3, 0.4) is 0 Å². The van der Waals surface area contributed by atoms with Gasteiger partial charge in [-0.3, -0.25) is 4.98 Å². The molecule has 0 bridgehead atoms. The number of hydrogen-bond donors (Lipinski definition) is 1. The summed E-state index contributed by atoms with van der Waals surface area (Å²) in [6, 6.07) is 12.1. The van der Waals surface area contributed by atoms with Gasteiger partial charge in [0.25, 0.3) is 0 Å². The topological polar surface area (TPSA) is 72.9 Å². The maximum Gasteiger partial charge on any atom is 0.224 e. The molecule has 1 fully saturated rings. The van der Waals surface area contributed by atoms with Crippen LogP contribution < -0.4 is 9.47 Å². The van der Waals surface area contributed by atoms with Crippen molar-refractivity contribution in [3.05, 3.63) is 67.0 Å². The first-order chi connectivity index (χ1) is 14.2. The minimum absolute atomic E-state index is 0.698. The average molecular weight is 388 g/mol. The van der Waals surface area contributed by atoms with Crippen molar-refractivity contribution in [3.63, 3.8) is 0 Å². The number of methoxy groups -OCH3 is 1. The molecule has 1 aromatic carbocycles. The Morgan fingerprint density at radius 1 is 1.14 bits per heavy atom. The largest absolute Gasteiger partial charge is 0.495 e. The first kappa shape index (κ1) is 18.9. The fraction of sp³-hybridized carbons (Fsp3) is 0.261. The molecule has 6 nitrogen and oxygen atoms in total. The van der Waals surface area contributed by atoms with Crippen molar-refractivity contribution >= 4 is 10.9 Å². The second kappa shape index (κ2) is 8.73. The summed E-state index contributed by atoms with van der Waals surface area (Å²) in [5.74, 6) is 2.95. The van der Waals surface area contributed by atoms with Gasteiger partial charge >= 0.3 is 0 Å². The van der Waals surface area contributed by atoms with Crippen LogP contribution >= 0.6 is 0 Å².